The fraction of sp³-hybridized carbons (Fsp3) is 0.727. The van der Waals surface area contributed by atoms with Crippen molar-refractivity contribution in [2.75, 3.05) is 13.1 Å². The van der Waals surface area contributed by atoms with Gasteiger partial charge in [0, 0.05) is 19.0 Å². The van der Waals surface area contributed by atoms with Crippen LogP contribution in [-0.4, -0.2) is 52.9 Å². The molecule has 0 saturated carbocycles. The van der Waals surface area contributed by atoms with Crippen LogP contribution in [0.25, 0.3) is 0 Å². The van der Waals surface area contributed by atoms with Gasteiger partial charge in [-0.25, -0.2) is 9.59 Å². The summed E-state index contributed by atoms with van der Waals surface area (Å²) in [6.07, 6.45) is 0.126. The number of hydrogen-bond donors (Lipinski definition) is 5. The number of carbonyl (C=O) groups is 3. The summed E-state index contributed by atoms with van der Waals surface area (Å²) in [6, 6.07) is -0.606. The minimum Gasteiger partial charge on any atom is -0.479 e. The van der Waals surface area contributed by atoms with Crippen molar-refractivity contribution < 1.29 is 24.6 Å². The van der Waals surface area contributed by atoms with E-state index in [2.05, 4.69) is 16.0 Å². The minimum atomic E-state index is -2.02. The molecule has 0 aliphatic carbocycles. The lowest BCUT2D eigenvalue weighted by Gasteiger charge is -2.18. The molecule has 0 aliphatic rings. The van der Waals surface area contributed by atoms with Gasteiger partial charge in [0.1, 0.15) is 0 Å². The first kappa shape index (κ1) is 17.2. The zero-order chi connectivity index (χ0) is 15.1. The third-order valence-corrected chi connectivity index (χ3v) is 2.14. The molecule has 5 N–H and O–H groups in total. The van der Waals surface area contributed by atoms with E-state index >= 15 is 0 Å². The summed E-state index contributed by atoms with van der Waals surface area (Å²) >= 11 is 0. The molecule has 3 amide bonds. The SMILES string of the molecule is CC(C)NC(=O)CCNC(=O)NCC(C)(O)C(=O)O. The third kappa shape index (κ3) is 7.98. The van der Waals surface area contributed by atoms with Crippen molar-refractivity contribution in [2.45, 2.75) is 38.8 Å². The lowest BCUT2D eigenvalue weighted by Crippen LogP contribution is -2.49. The number of aliphatic hydroxyl groups is 1. The molecule has 0 rings (SSSR count). The summed E-state index contributed by atoms with van der Waals surface area (Å²) in [5, 5.41) is 25.2. The molecule has 0 saturated heterocycles. The summed E-state index contributed by atoms with van der Waals surface area (Å²) in [5.41, 5.74) is -2.02. The molecule has 0 aromatic carbocycles. The van der Waals surface area contributed by atoms with E-state index in [1.807, 2.05) is 13.8 Å². The molecule has 0 aliphatic heterocycles. The van der Waals surface area contributed by atoms with Crippen LogP contribution in [0.15, 0.2) is 0 Å². The molecule has 8 nitrogen and oxygen atoms in total. The van der Waals surface area contributed by atoms with Gasteiger partial charge in [-0.1, -0.05) is 0 Å². The molecular weight excluding hydrogens is 254 g/mol. The Hall–Kier alpha value is -1.83. The molecule has 1 unspecified atom stereocenters. The summed E-state index contributed by atoms with van der Waals surface area (Å²) in [5.74, 6) is -1.61. The van der Waals surface area contributed by atoms with Gasteiger partial charge < -0.3 is 26.2 Å². The predicted molar refractivity (Wildman–Crippen MR) is 67.6 cm³/mol. The van der Waals surface area contributed by atoms with Crippen LogP contribution in [0.5, 0.6) is 0 Å². The third-order valence-electron chi connectivity index (χ3n) is 2.14. The molecule has 0 aromatic rings. The Bertz CT molecular complexity index is 341. The van der Waals surface area contributed by atoms with Crippen molar-refractivity contribution in [1.82, 2.24) is 16.0 Å². The van der Waals surface area contributed by atoms with Crippen LogP contribution in [0.2, 0.25) is 0 Å². The first-order chi connectivity index (χ1) is 8.65. The Labute approximate surface area is 111 Å². The highest BCUT2D eigenvalue weighted by Gasteiger charge is 2.30. The van der Waals surface area contributed by atoms with Crippen molar-refractivity contribution in [3.8, 4) is 0 Å². The van der Waals surface area contributed by atoms with E-state index in [0.29, 0.717) is 0 Å². The van der Waals surface area contributed by atoms with Gasteiger partial charge in [-0.2, -0.15) is 0 Å². The van der Waals surface area contributed by atoms with Crippen molar-refractivity contribution in [2.24, 2.45) is 0 Å². The second-order valence-electron chi connectivity index (χ2n) is 4.66. The smallest absolute Gasteiger partial charge is 0.337 e. The number of hydrogen-bond acceptors (Lipinski definition) is 4. The van der Waals surface area contributed by atoms with E-state index in [0.717, 1.165) is 6.92 Å². The lowest BCUT2D eigenvalue weighted by atomic mass is 10.1. The maximum atomic E-state index is 11.3. The summed E-state index contributed by atoms with van der Waals surface area (Å²) in [4.78, 5) is 33.1. The van der Waals surface area contributed by atoms with Gasteiger partial charge in [-0.15, -0.1) is 0 Å². The fourth-order valence-corrected chi connectivity index (χ4v) is 1.07. The van der Waals surface area contributed by atoms with Crippen LogP contribution >= 0.6 is 0 Å². The van der Waals surface area contributed by atoms with Crippen molar-refractivity contribution >= 4 is 17.9 Å². The van der Waals surface area contributed by atoms with E-state index in [-0.39, 0.29) is 24.9 Å². The number of nitrogens with one attached hydrogen (secondary N) is 3. The Morgan fingerprint density at radius 3 is 2.26 bits per heavy atom. The maximum absolute atomic E-state index is 11.3. The van der Waals surface area contributed by atoms with E-state index in [9.17, 15) is 19.5 Å². The highest BCUT2D eigenvalue weighted by atomic mass is 16.4. The van der Waals surface area contributed by atoms with Crippen LogP contribution in [0, 0.1) is 0 Å². The maximum Gasteiger partial charge on any atom is 0.337 e. The Balaban J connectivity index is 3.83. The van der Waals surface area contributed by atoms with E-state index in [1.54, 1.807) is 0 Å². The Kier molecular flexibility index (Phi) is 6.84. The minimum absolute atomic E-state index is 0.0342. The van der Waals surface area contributed by atoms with Gasteiger partial charge >= 0.3 is 12.0 Å². The molecule has 0 spiro atoms. The van der Waals surface area contributed by atoms with Crippen LogP contribution < -0.4 is 16.0 Å². The Morgan fingerprint density at radius 2 is 1.79 bits per heavy atom. The van der Waals surface area contributed by atoms with Gasteiger partial charge in [0.15, 0.2) is 5.60 Å². The number of urea groups is 1. The monoisotopic (exact) mass is 275 g/mol. The highest BCUT2D eigenvalue weighted by Crippen LogP contribution is 2.00. The Morgan fingerprint density at radius 1 is 1.21 bits per heavy atom. The largest absolute Gasteiger partial charge is 0.479 e. The number of carboxylic acids is 1. The molecule has 0 bridgehead atoms. The molecule has 0 radical (unpaired) electrons. The first-order valence-electron chi connectivity index (χ1n) is 5.92. The molecule has 0 fully saturated rings. The topological polar surface area (TPSA) is 128 Å². The number of carbonyl (C=O) groups excluding carboxylic acids is 2. The molecule has 0 aromatic heterocycles. The zero-order valence-electron chi connectivity index (χ0n) is 11.3. The van der Waals surface area contributed by atoms with Gasteiger partial charge in [0.25, 0.3) is 0 Å². The lowest BCUT2D eigenvalue weighted by molar-refractivity contribution is -0.155. The number of amides is 3. The van der Waals surface area contributed by atoms with E-state index in [1.165, 1.54) is 0 Å². The average molecular weight is 275 g/mol. The van der Waals surface area contributed by atoms with E-state index in [4.69, 9.17) is 5.11 Å². The summed E-state index contributed by atoms with van der Waals surface area (Å²) in [7, 11) is 0. The average Bonchev–Trinajstić information content (AvgIpc) is 2.25. The molecule has 0 heterocycles. The van der Waals surface area contributed by atoms with Crippen LogP contribution in [0.3, 0.4) is 0 Å². The standard InChI is InChI=1S/C11H21N3O5/c1-7(2)14-8(15)4-5-12-10(18)13-6-11(3,19)9(16)17/h7,19H,4-6H2,1-3H3,(H,14,15)(H,16,17)(H2,12,13,18). The van der Waals surface area contributed by atoms with Crippen LogP contribution in [0.4, 0.5) is 4.79 Å². The molecular formula is C11H21N3O5. The fourth-order valence-electron chi connectivity index (χ4n) is 1.07. The van der Waals surface area contributed by atoms with Gasteiger partial charge in [-0.05, 0) is 20.8 Å². The second-order valence-corrected chi connectivity index (χ2v) is 4.66. The molecule has 8 heteroatoms. The normalized spacial score (nSPS) is 13.5. The number of carboxylic acid groups (broad SMARTS) is 1. The number of rotatable bonds is 7. The first-order valence-corrected chi connectivity index (χ1v) is 5.92. The van der Waals surface area contributed by atoms with Gasteiger partial charge in [-0.3, -0.25) is 4.79 Å². The van der Waals surface area contributed by atoms with Crippen molar-refractivity contribution in [3.05, 3.63) is 0 Å². The van der Waals surface area contributed by atoms with Crippen LogP contribution in [0.1, 0.15) is 27.2 Å². The zero-order valence-corrected chi connectivity index (χ0v) is 11.3. The molecule has 19 heavy (non-hydrogen) atoms. The van der Waals surface area contributed by atoms with E-state index < -0.39 is 24.1 Å². The van der Waals surface area contributed by atoms with Crippen molar-refractivity contribution in [3.63, 3.8) is 0 Å². The molecule has 110 valence electrons. The van der Waals surface area contributed by atoms with Crippen LogP contribution in [-0.2, 0) is 9.59 Å². The second kappa shape index (κ2) is 7.57. The van der Waals surface area contributed by atoms with Gasteiger partial charge in [0.05, 0.1) is 6.54 Å². The highest BCUT2D eigenvalue weighted by molar-refractivity contribution is 5.80. The van der Waals surface area contributed by atoms with Crippen molar-refractivity contribution in [1.29, 1.82) is 0 Å². The number of aliphatic carboxylic acids is 1. The quantitative estimate of drug-likeness (QED) is 0.408. The summed E-state index contributed by atoms with van der Waals surface area (Å²) in [6.45, 7) is 4.43. The predicted octanol–water partition coefficient (Wildman–Crippen LogP) is -0.964. The summed E-state index contributed by atoms with van der Waals surface area (Å²) < 4.78 is 0. The van der Waals surface area contributed by atoms with Gasteiger partial charge in [0.2, 0.25) is 5.91 Å². The molecule has 1 atom stereocenters.